The highest BCUT2D eigenvalue weighted by atomic mass is 16.6. The quantitative estimate of drug-likeness (QED) is 0.0261. The molecule has 70 heavy (non-hydrogen) atoms. The fourth-order valence-corrected chi connectivity index (χ4v) is 8.41. The highest BCUT2D eigenvalue weighted by molar-refractivity contribution is 5.71. The van der Waals surface area contributed by atoms with Gasteiger partial charge in [-0.2, -0.15) is 0 Å². The Morgan fingerprint density at radius 3 is 0.871 bits per heavy atom. The number of esters is 3. The number of carbonyl (C=O) groups excluding carboxylic acids is 3. The molecule has 0 aromatic heterocycles. The number of unbranched alkanes of at least 4 members (excludes halogenated alkanes) is 31. The van der Waals surface area contributed by atoms with Crippen LogP contribution < -0.4 is 0 Å². The Bertz CT molecular complexity index is 1310. The summed E-state index contributed by atoms with van der Waals surface area (Å²) in [5, 5.41) is 0. The molecule has 0 bridgehead atoms. The van der Waals surface area contributed by atoms with E-state index in [2.05, 4.69) is 93.7 Å². The Kier molecular flexibility index (Phi) is 55.8. The second kappa shape index (κ2) is 58.4. The average Bonchev–Trinajstić information content (AvgIpc) is 3.36. The lowest BCUT2D eigenvalue weighted by atomic mass is 10.0. The number of rotatable bonds is 54. The maximum Gasteiger partial charge on any atom is 0.306 e. The molecule has 0 aliphatic rings. The molecule has 0 saturated heterocycles. The van der Waals surface area contributed by atoms with E-state index in [4.69, 9.17) is 14.2 Å². The molecule has 0 heterocycles. The molecule has 0 amide bonds. The van der Waals surface area contributed by atoms with E-state index in [1.54, 1.807) is 0 Å². The zero-order valence-corrected chi connectivity index (χ0v) is 46.3. The minimum Gasteiger partial charge on any atom is -0.462 e. The van der Waals surface area contributed by atoms with Gasteiger partial charge in [-0.05, 0) is 89.9 Å². The molecule has 1 atom stereocenters. The van der Waals surface area contributed by atoms with Gasteiger partial charge in [0.1, 0.15) is 13.2 Å². The minimum absolute atomic E-state index is 0.0972. The Morgan fingerprint density at radius 1 is 0.286 bits per heavy atom. The summed E-state index contributed by atoms with van der Waals surface area (Å²) in [5.74, 6) is -0.950. The Morgan fingerprint density at radius 2 is 0.529 bits per heavy atom. The predicted octanol–water partition coefficient (Wildman–Crippen LogP) is 20.2. The molecule has 0 aliphatic heterocycles. The molecule has 0 N–H and O–H groups in total. The summed E-state index contributed by atoms with van der Waals surface area (Å²) in [5.41, 5.74) is 0. The number of carbonyl (C=O) groups is 3. The van der Waals surface area contributed by atoms with E-state index in [1.165, 1.54) is 173 Å². The van der Waals surface area contributed by atoms with E-state index >= 15 is 0 Å². The van der Waals surface area contributed by atoms with Crippen LogP contribution in [0.5, 0.6) is 0 Å². The minimum atomic E-state index is -0.806. The van der Waals surface area contributed by atoms with Gasteiger partial charge in [-0.25, -0.2) is 0 Å². The van der Waals surface area contributed by atoms with Crippen molar-refractivity contribution in [3.63, 3.8) is 0 Å². The lowest BCUT2D eigenvalue weighted by Crippen LogP contribution is -2.30. The molecule has 0 saturated carbocycles. The third-order valence-electron chi connectivity index (χ3n) is 12.9. The van der Waals surface area contributed by atoms with Gasteiger partial charge in [0.05, 0.1) is 0 Å². The van der Waals surface area contributed by atoms with E-state index < -0.39 is 6.10 Å². The van der Waals surface area contributed by atoms with Crippen LogP contribution in [-0.4, -0.2) is 37.2 Å². The van der Waals surface area contributed by atoms with Gasteiger partial charge in [-0.1, -0.05) is 261 Å². The lowest BCUT2D eigenvalue weighted by Gasteiger charge is -2.18. The molecule has 0 aromatic rings. The van der Waals surface area contributed by atoms with Crippen molar-refractivity contribution < 1.29 is 28.6 Å². The van der Waals surface area contributed by atoms with Gasteiger partial charge in [-0.3, -0.25) is 14.4 Å². The fraction of sp³-hybridized carbons (Fsp3) is 0.766. The van der Waals surface area contributed by atoms with E-state index in [0.29, 0.717) is 19.3 Å². The maximum absolute atomic E-state index is 12.8. The van der Waals surface area contributed by atoms with Crippen LogP contribution in [0, 0.1) is 0 Å². The summed E-state index contributed by atoms with van der Waals surface area (Å²) < 4.78 is 16.8. The van der Waals surface area contributed by atoms with Gasteiger partial charge in [0, 0.05) is 19.3 Å². The standard InChI is InChI=1S/C64H112O6/c1-4-7-10-13-16-19-22-25-28-31-34-36-39-42-45-48-51-54-57-63(66)69-60-61(70-64(67)58-55-52-49-46-43-40-37-33-30-27-24-21-18-15-12-9-6-3)59-68-62(65)56-53-50-47-44-41-38-35-32-29-26-23-20-17-14-11-8-5-2/h17-18,20-21,26-27,29-30,37,40,46,49,61H,4-16,19,22-25,28,31-36,38-39,41-45,47-48,50-60H2,1-3H3/b20-17-,21-18-,29-26-,30-27-,40-37-,49-46-/t61-/m1/s1. The number of ether oxygens (including phenoxy) is 3. The SMILES string of the molecule is CCCCC/C=C\C/C=C\C/C=C\C/C=C\CCCC(=O)O[C@H](COC(=O)CCCCCCCCC/C=C\C/C=C\CCCCC)COC(=O)CCCCCCCCCCCCCCCCCCCC. The average molecular weight is 978 g/mol. The van der Waals surface area contributed by atoms with Crippen LogP contribution in [0.3, 0.4) is 0 Å². The van der Waals surface area contributed by atoms with E-state index in [9.17, 15) is 14.4 Å². The van der Waals surface area contributed by atoms with Crippen molar-refractivity contribution in [3.8, 4) is 0 Å². The van der Waals surface area contributed by atoms with Gasteiger partial charge in [0.2, 0.25) is 0 Å². The van der Waals surface area contributed by atoms with Gasteiger partial charge in [0.15, 0.2) is 6.10 Å². The number of hydrogen-bond acceptors (Lipinski definition) is 6. The first kappa shape index (κ1) is 66.9. The summed E-state index contributed by atoms with van der Waals surface area (Å²) in [7, 11) is 0. The summed E-state index contributed by atoms with van der Waals surface area (Å²) in [6.07, 6.45) is 74.7. The molecule has 0 radical (unpaired) electrons. The van der Waals surface area contributed by atoms with Crippen molar-refractivity contribution >= 4 is 17.9 Å². The summed E-state index contributed by atoms with van der Waals surface area (Å²) in [4.78, 5) is 38.2. The monoisotopic (exact) mass is 977 g/mol. The molecule has 404 valence electrons. The van der Waals surface area contributed by atoms with Crippen molar-refractivity contribution in [2.45, 2.75) is 303 Å². The van der Waals surface area contributed by atoms with Gasteiger partial charge in [0.25, 0.3) is 0 Å². The maximum atomic E-state index is 12.8. The third kappa shape index (κ3) is 55.8. The summed E-state index contributed by atoms with van der Waals surface area (Å²) >= 11 is 0. The number of allylic oxidation sites excluding steroid dienone is 12. The van der Waals surface area contributed by atoms with Crippen LogP contribution in [0.15, 0.2) is 72.9 Å². The molecular formula is C64H112O6. The third-order valence-corrected chi connectivity index (χ3v) is 12.9. The molecule has 0 spiro atoms. The number of hydrogen-bond donors (Lipinski definition) is 0. The lowest BCUT2D eigenvalue weighted by molar-refractivity contribution is -0.167. The molecule has 6 nitrogen and oxygen atoms in total. The Balaban J connectivity index is 4.45. The smallest absolute Gasteiger partial charge is 0.306 e. The zero-order chi connectivity index (χ0) is 50.7. The second-order valence-corrected chi connectivity index (χ2v) is 19.9. The molecular weight excluding hydrogens is 865 g/mol. The van der Waals surface area contributed by atoms with Crippen molar-refractivity contribution in [2.75, 3.05) is 13.2 Å². The second-order valence-electron chi connectivity index (χ2n) is 19.9. The van der Waals surface area contributed by atoms with Crippen LogP contribution in [0.4, 0.5) is 0 Å². The van der Waals surface area contributed by atoms with Crippen LogP contribution in [0.2, 0.25) is 0 Å². The van der Waals surface area contributed by atoms with Crippen molar-refractivity contribution in [2.24, 2.45) is 0 Å². The highest BCUT2D eigenvalue weighted by Crippen LogP contribution is 2.16. The zero-order valence-electron chi connectivity index (χ0n) is 46.3. The van der Waals surface area contributed by atoms with Crippen LogP contribution in [0.1, 0.15) is 297 Å². The first-order chi connectivity index (χ1) is 34.5. The Labute approximate surface area is 433 Å². The first-order valence-corrected chi connectivity index (χ1v) is 29.9. The highest BCUT2D eigenvalue weighted by Gasteiger charge is 2.19. The molecule has 6 heteroatoms. The predicted molar refractivity (Wildman–Crippen MR) is 302 cm³/mol. The van der Waals surface area contributed by atoms with E-state index in [0.717, 1.165) is 77.0 Å². The Hall–Kier alpha value is -3.15. The van der Waals surface area contributed by atoms with Crippen molar-refractivity contribution in [3.05, 3.63) is 72.9 Å². The van der Waals surface area contributed by atoms with E-state index in [1.807, 2.05) is 0 Å². The van der Waals surface area contributed by atoms with Gasteiger partial charge >= 0.3 is 17.9 Å². The molecule has 0 aromatic carbocycles. The normalized spacial score (nSPS) is 12.6. The molecule has 0 aliphatic carbocycles. The van der Waals surface area contributed by atoms with Crippen molar-refractivity contribution in [1.82, 2.24) is 0 Å². The fourth-order valence-electron chi connectivity index (χ4n) is 8.41. The van der Waals surface area contributed by atoms with Crippen LogP contribution in [-0.2, 0) is 28.6 Å². The van der Waals surface area contributed by atoms with Gasteiger partial charge in [-0.15, -0.1) is 0 Å². The molecule has 0 fully saturated rings. The van der Waals surface area contributed by atoms with E-state index in [-0.39, 0.29) is 37.5 Å². The summed E-state index contributed by atoms with van der Waals surface area (Å²) in [6, 6.07) is 0. The van der Waals surface area contributed by atoms with Crippen LogP contribution >= 0.6 is 0 Å². The molecule has 0 rings (SSSR count). The largest absolute Gasteiger partial charge is 0.462 e. The van der Waals surface area contributed by atoms with Crippen molar-refractivity contribution in [1.29, 1.82) is 0 Å². The van der Waals surface area contributed by atoms with Crippen LogP contribution in [0.25, 0.3) is 0 Å². The molecule has 0 unspecified atom stereocenters. The van der Waals surface area contributed by atoms with Gasteiger partial charge < -0.3 is 14.2 Å². The topological polar surface area (TPSA) is 78.9 Å². The summed E-state index contributed by atoms with van der Waals surface area (Å²) in [6.45, 7) is 6.57. The first-order valence-electron chi connectivity index (χ1n) is 29.9.